The topological polar surface area (TPSA) is 241 Å². The SMILES string of the molecule is CC.CC.CC.CC(C)=O.CC(C)=O.CC(C)=O.CC(C)=O.CS(C)(=O)=O.Cc1[nH]c(-c2ccc(-c3nc(-c4ccccc4)c(C)[nH]3)cc2)nc1-c1ccccc1.Cc1nc2cc(-c3ccc4oc(C)nc4c3)ccc2o1.c1ccc(-c2nc(-c3ccccc3)c(-c3ccccc3)[nH]2)cc1.c1ccccc1.c1ccccc1. The summed E-state index contributed by atoms with van der Waals surface area (Å²) in [4.78, 5) is 71.4. The van der Waals surface area contributed by atoms with Crippen molar-refractivity contribution in [2.45, 2.75) is 125 Å². The van der Waals surface area contributed by atoms with Crippen LogP contribution >= 0.6 is 0 Å². The minimum absolute atomic E-state index is 0.167. The Bertz CT molecular complexity index is 4840. The van der Waals surface area contributed by atoms with Gasteiger partial charge in [0.2, 0.25) is 0 Å². The number of hydrogen-bond acceptors (Lipinski definition) is 13. The number of nitrogens with zero attached hydrogens (tertiary/aromatic N) is 5. The summed E-state index contributed by atoms with van der Waals surface area (Å²) in [5.41, 5.74) is 19.4. The van der Waals surface area contributed by atoms with Crippen LogP contribution in [0, 0.1) is 27.7 Å². The van der Waals surface area contributed by atoms with Crippen LogP contribution in [0.1, 0.15) is 120 Å². The molecule has 15 aromatic rings. The highest BCUT2D eigenvalue weighted by Crippen LogP contribution is 2.34. The molecule has 5 heterocycles. The average Bonchev–Trinajstić information content (AvgIpc) is 1.66. The Morgan fingerprint density at radius 3 is 0.759 bits per heavy atom. The summed E-state index contributed by atoms with van der Waals surface area (Å²) in [6.45, 7) is 32.0. The van der Waals surface area contributed by atoms with Crippen LogP contribution in [0.15, 0.2) is 294 Å². The number of imidazole rings is 3. The van der Waals surface area contributed by atoms with Crippen LogP contribution < -0.4 is 0 Å². The van der Waals surface area contributed by atoms with Gasteiger partial charge < -0.3 is 43.0 Å². The summed E-state index contributed by atoms with van der Waals surface area (Å²) in [7, 11) is -2.67. The second-order valence-corrected chi connectivity index (χ2v) is 27.0. The molecule has 0 aliphatic heterocycles. The smallest absolute Gasteiger partial charge is 0.192 e. The fraction of sp³-hybridized carbons (Fsp3) is 0.211. The monoisotopic (exact) mass is 1520 g/mol. The van der Waals surface area contributed by atoms with Crippen molar-refractivity contribution in [1.29, 1.82) is 0 Å². The van der Waals surface area contributed by atoms with Gasteiger partial charge in [-0.1, -0.05) is 302 Å². The second kappa shape index (κ2) is 51.7. The Morgan fingerprint density at radius 1 is 0.277 bits per heavy atom. The molecule has 0 radical (unpaired) electrons. The third-order valence-electron chi connectivity index (χ3n) is 13.8. The van der Waals surface area contributed by atoms with Crippen molar-refractivity contribution in [2.24, 2.45) is 0 Å². The molecule has 0 fully saturated rings. The molecule has 0 unspecified atom stereocenters. The van der Waals surface area contributed by atoms with Crippen LogP contribution in [-0.2, 0) is 29.0 Å². The average molecular weight is 1520 g/mol. The van der Waals surface area contributed by atoms with Crippen LogP contribution in [0.4, 0.5) is 0 Å². The van der Waals surface area contributed by atoms with E-state index in [1.165, 1.54) is 55.4 Å². The number of nitrogens with one attached hydrogen (secondary N) is 3. The first-order valence-corrected chi connectivity index (χ1v) is 39.4. The van der Waals surface area contributed by atoms with Gasteiger partial charge in [-0.2, -0.15) is 0 Å². The number of aromatic amines is 3. The lowest BCUT2D eigenvalue weighted by molar-refractivity contribution is -0.115. The molecular weight excluding hydrogens is 1410 g/mol. The second-order valence-electron chi connectivity index (χ2n) is 24.8. The van der Waals surface area contributed by atoms with E-state index in [1.54, 1.807) is 0 Å². The number of hydrogen-bond donors (Lipinski definition) is 3. The third kappa shape index (κ3) is 35.6. The minimum Gasteiger partial charge on any atom is -0.441 e. The first kappa shape index (κ1) is 93.6. The molecule has 0 aliphatic carbocycles. The molecule has 10 aromatic carbocycles. The Hall–Kier alpha value is -12.6. The number of carbonyl (C=O) groups excluding carboxylic acids is 4. The minimum atomic E-state index is -2.67. The van der Waals surface area contributed by atoms with E-state index < -0.39 is 9.84 Å². The Labute approximate surface area is 663 Å². The van der Waals surface area contributed by atoms with Crippen molar-refractivity contribution >= 4 is 55.2 Å². The van der Waals surface area contributed by atoms with Crippen molar-refractivity contribution in [3.63, 3.8) is 0 Å². The number of aryl methyl sites for hydroxylation is 4. The summed E-state index contributed by atoms with van der Waals surface area (Å²) in [6.07, 6.45) is 2.32. The van der Waals surface area contributed by atoms with Crippen molar-refractivity contribution < 1.29 is 36.4 Å². The lowest BCUT2D eigenvalue weighted by Crippen LogP contribution is -1.86. The Balaban J connectivity index is 0.000000355. The highest BCUT2D eigenvalue weighted by atomic mass is 32.2. The highest BCUT2D eigenvalue weighted by Gasteiger charge is 2.17. The molecule has 0 atom stereocenters. The predicted octanol–water partition coefficient (Wildman–Crippen LogP) is 24.6. The Kier molecular flexibility index (Phi) is 43.2. The molecular formula is C95H110N8O8S. The van der Waals surface area contributed by atoms with Gasteiger partial charge in [-0.25, -0.2) is 33.3 Å². The molecule has 0 saturated carbocycles. The standard InChI is InChI=1S/C26H22N4.C21H16N2.C16H12N2O2.2C6H6.4C3H6O.C2H6O2S.3C2H6/c1-17-23(19-9-5-3-6-10-19)29-25(27-17)21-13-15-22(16-14-21)26-28-18(2)24(30-26)20-11-7-4-8-12-20;1-4-10-16(11-5-1)19-20(17-12-6-2-7-13-17)23-21(22-19)18-14-8-3-9-15-18;1-9-17-13-7-11(3-5-15(13)19-9)12-4-6-16-14(8-12)18-10(2)20-16;2*1-2-4-6-5-3-1;4*1-3(2)4;1-5(2,3)4;3*1-2/h3-16H,1-2H3,(H,27,29)(H,28,30);1-15H,(H,22,23);3-8H,1-2H3;2*1-6H;4*1-2H3;1-2H3;3*1-2H3. The normalized spacial score (nSPS) is 9.64. The van der Waals surface area contributed by atoms with Crippen molar-refractivity contribution in [2.75, 3.05) is 12.5 Å². The van der Waals surface area contributed by atoms with E-state index in [0.717, 1.165) is 136 Å². The fourth-order valence-electron chi connectivity index (χ4n) is 9.67. The molecule has 112 heavy (non-hydrogen) atoms. The molecule has 3 N–H and O–H groups in total. The van der Waals surface area contributed by atoms with Gasteiger partial charge in [-0.15, -0.1) is 0 Å². The number of aromatic nitrogens is 8. The van der Waals surface area contributed by atoms with Gasteiger partial charge >= 0.3 is 0 Å². The number of fused-ring (bicyclic) bond motifs is 2. The van der Waals surface area contributed by atoms with Crippen LogP contribution in [0.25, 0.3) is 113 Å². The molecule has 17 heteroatoms. The largest absolute Gasteiger partial charge is 0.441 e. The maximum Gasteiger partial charge on any atom is 0.192 e. The van der Waals surface area contributed by atoms with E-state index >= 15 is 0 Å². The van der Waals surface area contributed by atoms with E-state index in [0.29, 0.717) is 11.8 Å². The van der Waals surface area contributed by atoms with Gasteiger partial charge in [0.25, 0.3) is 0 Å². The van der Waals surface area contributed by atoms with Gasteiger partial charge in [0, 0.05) is 76.7 Å². The fourth-order valence-corrected chi connectivity index (χ4v) is 9.67. The van der Waals surface area contributed by atoms with Gasteiger partial charge in [0.15, 0.2) is 22.9 Å². The quantitative estimate of drug-likeness (QED) is 0.128. The van der Waals surface area contributed by atoms with E-state index in [9.17, 15) is 27.6 Å². The van der Waals surface area contributed by atoms with Crippen LogP contribution in [0.2, 0.25) is 0 Å². The molecule has 16 nitrogen and oxygen atoms in total. The van der Waals surface area contributed by atoms with E-state index in [2.05, 4.69) is 124 Å². The van der Waals surface area contributed by atoms with Crippen molar-refractivity contribution in [3.05, 3.63) is 308 Å². The van der Waals surface area contributed by atoms with Crippen molar-refractivity contribution in [3.8, 4) is 90.3 Å². The zero-order valence-corrected chi connectivity index (χ0v) is 69.4. The van der Waals surface area contributed by atoms with Crippen LogP contribution in [-0.4, -0.2) is 83.9 Å². The van der Waals surface area contributed by atoms with Gasteiger partial charge in [0.05, 0.1) is 22.8 Å². The first-order chi connectivity index (χ1) is 53.7. The number of oxazole rings is 2. The lowest BCUT2D eigenvalue weighted by atomic mass is 10.0. The number of Topliss-reactive ketones (excluding diaryl/α,β-unsaturated/α-hetero) is 4. The summed E-state index contributed by atoms with van der Waals surface area (Å²) in [6, 6.07) is 95.7. The highest BCUT2D eigenvalue weighted by molar-refractivity contribution is 7.89. The first-order valence-electron chi connectivity index (χ1n) is 37.1. The summed E-state index contributed by atoms with van der Waals surface area (Å²) in [5, 5.41) is 0. The molecule has 0 amide bonds. The van der Waals surface area contributed by atoms with E-state index in [4.69, 9.17) is 23.8 Å². The summed E-state index contributed by atoms with van der Waals surface area (Å²) in [5.74, 6) is 4.67. The van der Waals surface area contributed by atoms with Gasteiger partial charge in [-0.05, 0) is 105 Å². The molecule has 0 spiro atoms. The number of sulfone groups is 1. The predicted molar refractivity (Wildman–Crippen MR) is 466 cm³/mol. The number of carbonyl (C=O) groups is 4. The number of H-pyrrole nitrogens is 3. The van der Waals surface area contributed by atoms with Crippen molar-refractivity contribution in [1.82, 2.24) is 39.9 Å². The summed E-state index contributed by atoms with van der Waals surface area (Å²) < 4.78 is 30.3. The molecule has 0 saturated heterocycles. The van der Waals surface area contributed by atoms with E-state index in [-0.39, 0.29) is 23.1 Å². The van der Waals surface area contributed by atoms with Crippen LogP contribution in [0.3, 0.4) is 0 Å². The molecule has 0 bridgehead atoms. The molecule has 0 aliphatic rings. The van der Waals surface area contributed by atoms with Gasteiger partial charge in [0.1, 0.15) is 61.5 Å². The summed E-state index contributed by atoms with van der Waals surface area (Å²) >= 11 is 0. The number of ketones is 4. The Morgan fingerprint density at radius 2 is 0.482 bits per heavy atom. The maximum atomic E-state index is 9.63. The zero-order chi connectivity index (χ0) is 83.0. The van der Waals surface area contributed by atoms with Crippen LogP contribution in [0.5, 0.6) is 0 Å². The molecule has 15 rings (SSSR count). The van der Waals surface area contributed by atoms with Gasteiger partial charge in [-0.3, -0.25) is 0 Å². The number of benzene rings is 10. The number of rotatable bonds is 8. The third-order valence-corrected chi connectivity index (χ3v) is 13.8. The zero-order valence-electron chi connectivity index (χ0n) is 68.5. The van der Waals surface area contributed by atoms with E-state index in [1.807, 2.05) is 256 Å². The maximum absolute atomic E-state index is 9.63. The molecule has 5 aromatic heterocycles. The molecule has 584 valence electrons. The lowest BCUT2D eigenvalue weighted by Gasteiger charge is -2.02.